The summed E-state index contributed by atoms with van der Waals surface area (Å²) in [6.45, 7) is 3.19. The summed E-state index contributed by atoms with van der Waals surface area (Å²) in [4.78, 5) is 33.6. The quantitative estimate of drug-likeness (QED) is 0.546. The lowest BCUT2D eigenvalue weighted by Gasteiger charge is -2.22. The molecule has 2 aliphatic heterocycles. The highest BCUT2D eigenvalue weighted by molar-refractivity contribution is 6.34. The second-order valence-electron chi connectivity index (χ2n) is 4.26. The minimum Gasteiger partial charge on any atom is -0.475 e. The maximum Gasteiger partial charge on any atom is 0.372 e. The Balaban J connectivity index is 2.35. The minimum absolute atomic E-state index is 0.195. The maximum atomic E-state index is 11.5. The van der Waals surface area contributed by atoms with E-state index in [9.17, 15) is 14.4 Å². The van der Waals surface area contributed by atoms with Crippen LogP contribution in [0.4, 0.5) is 0 Å². The van der Waals surface area contributed by atoms with Gasteiger partial charge in [-0.25, -0.2) is 4.79 Å². The lowest BCUT2D eigenvalue weighted by atomic mass is 9.76. The molecule has 0 aromatic carbocycles. The Bertz CT molecular complexity index is 409. The summed E-state index contributed by atoms with van der Waals surface area (Å²) in [6, 6.07) is 0. The zero-order chi connectivity index (χ0) is 12.0. The summed E-state index contributed by atoms with van der Waals surface area (Å²) >= 11 is 0. The summed E-state index contributed by atoms with van der Waals surface area (Å²) in [5.74, 6) is -4.13. The van der Waals surface area contributed by atoms with E-state index in [1.165, 1.54) is 6.92 Å². The number of ether oxygens (including phenoxy) is 1. The van der Waals surface area contributed by atoms with Crippen LogP contribution in [0.2, 0.25) is 0 Å². The summed E-state index contributed by atoms with van der Waals surface area (Å²) < 4.78 is 5.44. The van der Waals surface area contributed by atoms with Gasteiger partial charge in [0.15, 0.2) is 0 Å². The molecule has 0 aromatic heterocycles. The van der Waals surface area contributed by atoms with Crippen molar-refractivity contribution < 1.29 is 24.2 Å². The number of carboxylic acid groups (broad SMARTS) is 1. The van der Waals surface area contributed by atoms with Crippen LogP contribution in [0.3, 0.4) is 0 Å². The van der Waals surface area contributed by atoms with Gasteiger partial charge in [-0.1, -0.05) is 6.08 Å². The molecule has 0 saturated carbocycles. The van der Waals surface area contributed by atoms with Crippen LogP contribution in [0, 0.1) is 11.8 Å². The molecule has 0 radical (unpaired) electrons. The molecule has 4 unspecified atom stereocenters. The molecule has 2 heterocycles. The Labute approximate surface area is 92.1 Å². The monoisotopic (exact) mass is 224 g/mol. The molecule has 2 aliphatic rings. The summed E-state index contributed by atoms with van der Waals surface area (Å²) in [5.41, 5.74) is 0.902. The molecule has 0 aliphatic carbocycles. The normalized spacial score (nSPS) is 36.0. The fourth-order valence-corrected chi connectivity index (χ4v) is 2.54. The summed E-state index contributed by atoms with van der Waals surface area (Å²) in [6.07, 6.45) is 0.758. The molecule has 0 spiro atoms. The first kappa shape index (κ1) is 11.0. The third kappa shape index (κ3) is 1.39. The van der Waals surface area contributed by atoms with Gasteiger partial charge in [-0.2, -0.15) is 0 Å². The molecule has 16 heavy (non-hydrogen) atoms. The summed E-state index contributed by atoms with van der Waals surface area (Å²) in [5, 5.41) is 8.70. The van der Waals surface area contributed by atoms with Gasteiger partial charge in [0.25, 0.3) is 0 Å². The molecule has 5 heteroatoms. The van der Waals surface area contributed by atoms with E-state index in [0.29, 0.717) is 0 Å². The number of carbonyl (C=O) groups excluding carboxylic acids is 2. The van der Waals surface area contributed by atoms with E-state index in [0.717, 1.165) is 5.57 Å². The van der Waals surface area contributed by atoms with E-state index in [-0.39, 0.29) is 5.78 Å². The minimum atomic E-state index is -1.50. The number of hydrogen-bond donors (Lipinski definition) is 1. The number of carbonyl (C=O) groups is 3. The molecule has 5 nitrogen and oxygen atoms in total. The molecular weight excluding hydrogens is 212 g/mol. The molecule has 0 aromatic rings. The Morgan fingerprint density at radius 3 is 2.44 bits per heavy atom. The molecule has 2 bridgehead atoms. The van der Waals surface area contributed by atoms with Gasteiger partial charge in [0.2, 0.25) is 5.78 Å². The highest BCUT2D eigenvalue weighted by atomic mass is 16.5. The molecule has 1 N–H and O–H groups in total. The number of aliphatic carboxylic acids is 1. The third-order valence-corrected chi connectivity index (χ3v) is 3.23. The van der Waals surface area contributed by atoms with Crippen LogP contribution >= 0.6 is 0 Å². The number of Topliss-reactive ketones (excluding diaryl/α,β-unsaturated/α-hetero) is 2. The molecule has 2 rings (SSSR count). The second-order valence-corrected chi connectivity index (χ2v) is 4.26. The lowest BCUT2D eigenvalue weighted by Crippen LogP contribution is -2.39. The van der Waals surface area contributed by atoms with Crippen LogP contribution in [0.1, 0.15) is 13.8 Å². The standard InChI is InChI=1S/C11H12O5/c1-4-3-6-8(9(13)11(14)15)7(5(2)12)10(4)16-6/h3,6-8,10H,1-2H3,(H,14,15). The van der Waals surface area contributed by atoms with Crippen LogP contribution in [-0.4, -0.2) is 34.9 Å². The smallest absolute Gasteiger partial charge is 0.372 e. The van der Waals surface area contributed by atoms with Crippen molar-refractivity contribution >= 4 is 17.5 Å². The van der Waals surface area contributed by atoms with Crippen LogP contribution < -0.4 is 0 Å². The van der Waals surface area contributed by atoms with Crippen molar-refractivity contribution in [3.05, 3.63) is 11.6 Å². The lowest BCUT2D eigenvalue weighted by molar-refractivity contribution is -0.152. The van der Waals surface area contributed by atoms with E-state index in [4.69, 9.17) is 9.84 Å². The Kier molecular flexibility index (Phi) is 2.42. The SMILES string of the molecule is CC(=O)C1C2OC(C=C2C)C1C(=O)C(=O)O. The topological polar surface area (TPSA) is 80.7 Å². The molecule has 4 atom stereocenters. The predicted molar refractivity (Wildman–Crippen MR) is 52.7 cm³/mol. The number of hydrogen-bond acceptors (Lipinski definition) is 4. The van der Waals surface area contributed by atoms with Gasteiger partial charge in [-0.05, 0) is 19.4 Å². The van der Waals surface area contributed by atoms with Crippen LogP contribution in [0.5, 0.6) is 0 Å². The fraction of sp³-hybridized carbons (Fsp3) is 0.545. The van der Waals surface area contributed by atoms with Gasteiger partial charge in [0.05, 0.1) is 24.0 Å². The predicted octanol–water partition coefficient (Wildman–Crippen LogP) is 0.189. The van der Waals surface area contributed by atoms with Gasteiger partial charge in [-0.3, -0.25) is 9.59 Å². The van der Waals surface area contributed by atoms with Gasteiger partial charge in [-0.15, -0.1) is 0 Å². The van der Waals surface area contributed by atoms with Gasteiger partial charge in [0, 0.05) is 0 Å². The van der Waals surface area contributed by atoms with E-state index < -0.39 is 35.8 Å². The van der Waals surface area contributed by atoms with Gasteiger partial charge >= 0.3 is 5.97 Å². The molecular formula is C11H12O5. The van der Waals surface area contributed by atoms with Crippen molar-refractivity contribution in [1.29, 1.82) is 0 Å². The number of rotatable bonds is 3. The van der Waals surface area contributed by atoms with Crippen molar-refractivity contribution in [2.45, 2.75) is 26.1 Å². The van der Waals surface area contributed by atoms with Crippen LogP contribution in [-0.2, 0) is 19.1 Å². The molecule has 1 saturated heterocycles. The molecule has 1 fully saturated rings. The van der Waals surface area contributed by atoms with E-state index in [1.807, 2.05) is 6.92 Å². The van der Waals surface area contributed by atoms with Crippen LogP contribution in [0.25, 0.3) is 0 Å². The number of ketones is 2. The first-order chi connectivity index (χ1) is 7.43. The number of carboxylic acids is 1. The van der Waals surface area contributed by atoms with Crippen molar-refractivity contribution in [2.24, 2.45) is 11.8 Å². The zero-order valence-electron chi connectivity index (χ0n) is 8.97. The highest BCUT2D eigenvalue weighted by Crippen LogP contribution is 2.43. The van der Waals surface area contributed by atoms with E-state index in [2.05, 4.69) is 0 Å². The zero-order valence-corrected chi connectivity index (χ0v) is 8.97. The largest absolute Gasteiger partial charge is 0.475 e. The fourth-order valence-electron chi connectivity index (χ4n) is 2.54. The Morgan fingerprint density at radius 1 is 1.31 bits per heavy atom. The van der Waals surface area contributed by atoms with Gasteiger partial charge in [0.1, 0.15) is 5.78 Å². The Morgan fingerprint density at radius 2 is 1.94 bits per heavy atom. The average molecular weight is 224 g/mol. The second kappa shape index (κ2) is 3.52. The van der Waals surface area contributed by atoms with Crippen LogP contribution in [0.15, 0.2) is 11.6 Å². The third-order valence-electron chi connectivity index (χ3n) is 3.23. The summed E-state index contributed by atoms with van der Waals surface area (Å²) in [7, 11) is 0. The molecule has 86 valence electrons. The van der Waals surface area contributed by atoms with E-state index in [1.54, 1.807) is 6.08 Å². The highest BCUT2D eigenvalue weighted by Gasteiger charge is 2.54. The average Bonchev–Trinajstić information content (AvgIpc) is 2.71. The van der Waals surface area contributed by atoms with Crippen molar-refractivity contribution in [3.8, 4) is 0 Å². The van der Waals surface area contributed by atoms with Crippen molar-refractivity contribution in [1.82, 2.24) is 0 Å². The van der Waals surface area contributed by atoms with Crippen molar-refractivity contribution in [2.75, 3.05) is 0 Å². The first-order valence-corrected chi connectivity index (χ1v) is 5.05. The van der Waals surface area contributed by atoms with E-state index >= 15 is 0 Å². The maximum absolute atomic E-state index is 11.5. The number of fused-ring (bicyclic) bond motifs is 2. The van der Waals surface area contributed by atoms with Gasteiger partial charge < -0.3 is 9.84 Å². The Hall–Kier alpha value is -1.49. The molecule has 0 amide bonds. The van der Waals surface area contributed by atoms with Crippen molar-refractivity contribution in [3.63, 3.8) is 0 Å². The first-order valence-electron chi connectivity index (χ1n) is 5.05.